The molecule has 0 heterocycles. The molecule has 5 heteroatoms. The minimum absolute atomic E-state index is 0.150. The Bertz CT molecular complexity index is 155. The van der Waals surface area contributed by atoms with Gasteiger partial charge in [-0.2, -0.15) is 0 Å². The minimum atomic E-state index is -0.665. The van der Waals surface area contributed by atoms with Crippen molar-refractivity contribution >= 4 is 18.0 Å². The third kappa shape index (κ3) is 3.73. The molecule has 0 fully saturated rings. The maximum atomic E-state index is 10.3. The second kappa shape index (κ2) is 4.63. The summed E-state index contributed by atoms with van der Waals surface area (Å²) in [6.07, 6.45) is 0.150. The highest BCUT2D eigenvalue weighted by Gasteiger charge is 2.00. The lowest BCUT2D eigenvalue weighted by Crippen LogP contribution is -2.34. The summed E-state index contributed by atoms with van der Waals surface area (Å²) in [5, 5.41) is 2.14. The molecule has 0 aliphatic carbocycles. The molecular formula is C5H8N2O3. The molecule has 3 N–H and O–H groups in total. The molecule has 0 bridgehead atoms. The first-order valence-electron chi connectivity index (χ1n) is 2.65. The lowest BCUT2D eigenvalue weighted by atomic mass is 10.4. The average molecular weight is 144 g/mol. The molecular weight excluding hydrogens is 136 g/mol. The number of carbonyl (C=O) groups excluding carboxylic acids is 3. The van der Waals surface area contributed by atoms with Crippen LogP contribution in [0.3, 0.4) is 0 Å². The summed E-state index contributed by atoms with van der Waals surface area (Å²) >= 11 is 0. The number of rotatable bonds is 4. The zero-order valence-corrected chi connectivity index (χ0v) is 5.29. The highest BCUT2D eigenvalue weighted by Crippen LogP contribution is 1.62. The van der Waals surface area contributed by atoms with E-state index in [1.54, 1.807) is 0 Å². The quantitative estimate of drug-likeness (QED) is 0.347. The monoisotopic (exact) mass is 144 g/mol. The molecule has 56 valence electrons. The van der Waals surface area contributed by atoms with Crippen LogP contribution in [0.4, 0.5) is 0 Å². The number of hydrogen-bond donors (Lipinski definition) is 2. The van der Waals surface area contributed by atoms with Crippen LogP contribution in [0, 0.1) is 0 Å². The Hall–Kier alpha value is -1.23. The molecule has 0 radical (unpaired) electrons. The van der Waals surface area contributed by atoms with Crippen LogP contribution in [0.25, 0.3) is 0 Å². The first-order chi connectivity index (χ1) is 4.70. The lowest BCUT2D eigenvalue weighted by Gasteiger charge is -1.96. The van der Waals surface area contributed by atoms with Gasteiger partial charge in [0, 0.05) is 0 Å². The van der Waals surface area contributed by atoms with E-state index in [1.165, 1.54) is 0 Å². The van der Waals surface area contributed by atoms with Gasteiger partial charge in [-0.25, -0.2) is 0 Å². The highest BCUT2D eigenvalue weighted by molar-refractivity contribution is 6.26. The number of hydrogen-bond acceptors (Lipinski definition) is 4. The normalized spacial score (nSPS) is 8.50. The molecule has 0 unspecified atom stereocenters. The Morgan fingerprint density at radius 1 is 1.50 bits per heavy atom. The first-order valence-corrected chi connectivity index (χ1v) is 2.65. The predicted octanol–water partition coefficient (Wildman–Crippen LogP) is -2.17. The molecule has 0 aromatic rings. The number of nitrogens with two attached hydrogens (primary N) is 1. The van der Waals surface area contributed by atoms with Crippen molar-refractivity contribution in [2.75, 3.05) is 13.1 Å². The van der Waals surface area contributed by atoms with Crippen LogP contribution >= 0.6 is 0 Å². The Morgan fingerprint density at radius 3 is 2.50 bits per heavy atom. The van der Waals surface area contributed by atoms with Crippen LogP contribution in [0.2, 0.25) is 0 Å². The molecule has 0 aromatic carbocycles. The van der Waals surface area contributed by atoms with Crippen LogP contribution in [0.5, 0.6) is 0 Å². The maximum absolute atomic E-state index is 10.3. The van der Waals surface area contributed by atoms with Crippen molar-refractivity contribution in [3.63, 3.8) is 0 Å². The highest BCUT2D eigenvalue weighted by atomic mass is 16.2. The van der Waals surface area contributed by atoms with Gasteiger partial charge in [-0.05, 0) is 0 Å². The number of carbonyl (C=O) groups is 3. The maximum Gasteiger partial charge on any atom is 0.234 e. The van der Waals surface area contributed by atoms with Crippen molar-refractivity contribution in [2.24, 2.45) is 5.73 Å². The van der Waals surface area contributed by atoms with Crippen LogP contribution in [0.1, 0.15) is 0 Å². The summed E-state index contributed by atoms with van der Waals surface area (Å²) in [7, 11) is 0. The van der Waals surface area contributed by atoms with E-state index in [0.717, 1.165) is 0 Å². The van der Waals surface area contributed by atoms with Crippen molar-refractivity contribution in [3.05, 3.63) is 0 Å². The van der Waals surface area contributed by atoms with Gasteiger partial charge in [0.1, 0.15) is 0 Å². The van der Waals surface area contributed by atoms with Crippen LogP contribution in [-0.2, 0) is 14.4 Å². The second-order valence-corrected chi connectivity index (χ2v) is 1.57. The van der Waals surface area contributed by atoms with Crippen molar-refractivity contribution in [2.45, 2.75) is 0 Å². The third-order valence-corrected chi connectivity index (χ3v) is 0.777. The molecule has 0 aromatic heterocycles. The van der Waals surface area contributed by atoms with Gasteiger partial charge >= 0.3 is 0 Å². The predicted molar refractivity (Wildman–Crippen MR) is 33.1 cm³/mol. The van der Waals surface area contributed by atoms with Gasteiger partial charge < -0.3 is 11.1 Å². The van der Waals surface area contributed by atoms with E-state index in [2.05, 4.69) is 5.32 Å². The summed E-state index contributed by atoms with van der Waals surface area (Å²) in [6.45, 7) is -0.439. The van der Waals surface area contributed by atoms with E-state index in [4.69, 9.17) is 5.73 Å². The van der Waals surface area contributed by atoms with E-state index < -0.39 is 11.7 Å². The fourth-order valence-corrected chi connectivity index (χ4v) is 0.300. The van der Waals surface area contributed by atoms with Crippen molar-refractivity contribution in [1.29, 1.82) is 0 Å². The minimum Gasteiger partial charge on any atom is -0.347 e. The lowest BCUT2D eigenvalue weighted by molar-refractivity contribution is -0.130. The Kier molecular flexibility index (Phi) is 4.06. The Labute approximate surface area is 57.6 Å². The molecule has 10 heavy (non-hydrogen) atoms. The molecule has 0 rings (SSSR count). The van der Waals surface area contributed by atoms with Gasteiger partial charge in [-0.1, -0.05) is 0 Å². The zero-order chi connectivity index (χ0) is 7.98. The third-order valence-electron chi connectivity index (χ3n) is 0.777. The van der Waals surface area contributed by atoms with Gasteiger partial charge in [-0.15, -0.1) is 0 Å². The number of ketones is 1. The number of amides is 1. The summed E-state index contributed by atoms with van der Waals surface area (Å²) < 4.78 is 0. The summed E-state index contributed by atoms with van der Waals surface area (Å²) in [5.41, 5.74) is 4.89. The molecule has 0 saturated carbocycles. The summed E-state index contributed by atoms with van der Waals surface area (Å²) in [6, 6.07) is 0. The number of aldehydes is 1. The van der Waals surface area contributed by atoms with E-state index in [1.807, 2.05) is 0 Å². The average Bonchev–Trinajstić information content (AvgIpc) is 1.99. The van der Waals surface area contributed by atoms with Crippen molar-refractivity contribution in [3.8, 4) is 0 Å². The number of Topliss-reactive ketones (excluding diaryl/α,β-unsaturated/α-hetero) is 1. The van der Waals surface area contributed by atoms with Crippen LogP contribution in [-0.4, -0.2) is 31.1 Å². The summed E-state index contributed by atoms with van der Waals surface area (Å²) in [4.78, 5) is 30.2. The molecule has 0 aliphatic rings. The smallest absolute Gasteiger partial charge is 0.234 e. The van der Waals surface area contributed by atoms with E-state index in [0.29, 0.717) is 0 Å². The van der Waals surface area contributed by atoms with Crippen LogP contribution in [0.15, 0.2) is 0 Å². The van der Waals surface area contributed by atoms with Gasteiger partial charge in [-0.3, -0.25) is 14.4 Å². The molecule has 0 spiro atoms. The molecule has 0 atom stereocenters. The molecule has 1 amide bonds. The Morgan fingerprint density at radius 2 is 2.10 bits per heavy atom. The van der Waals surface area contributed by atoms with Gasteiger partial charge in [0.05, 0.1) is 13.1 Å². The fourth-order valence-electron chi connectivity index (χ4n) is 0.300. The van der Waals surface area contributed by atoms with E-state index in [9.17, 15) is 14.4 Å². The Balaban J connectivity index is 3.44. The SMILES string of the molecule is NCC(=O)NCC(=O)C=O. The van der Waals surface area contributed by atoms with Crippen molar-refractivity contribution < 1.29 is 14.4 Å². The van der Waals surface area contributed by atoms with Crippen LogP contribution < -0.4 is 11.1 Å². The largest absolute Gasteiger partial charge is 0.347 e. The topological polar surface area (TPSA) is 89.3 Å². The molecule has 0 aliphatic heterocycles. The van der Waals surface area contributed by atoms with Gasteiger partial charge in [0.15, 0.2) is 6.29 Å². The van der Waals surface area contributed by atoms with E-state index in [-0.39, 0.29) is 19.4 Å². The second-order valence-electron chi connectivity index (χ2n) is 1.57. The number of nitrogens with one attached hydrogen (secondary N) is 1. The fraction of sp³-hybridized carbons (Fsp3) is 0.400. The first kappa shape index (κ1) is 8.77. The van der Waals surface area contributed by atoms with Gasteiger partial charge in [0.2, 0.25) is 11.7 Å². The zero-order valence-electron chi connectivity index (χ0n) is 5.29. The standard InChI is InChI=1S/C5H8N2O3/c6-1-5(10)7-2-4(9)3-8/h3H,1-2,6H2,(H,7,10). The van der Waals surface area contributed by atoms with Gasteiger partial charge in [0.25, 0.3) is 0 Å². The molecule has 5 nitrogen and oxygen atoms in total. The van der Waals surface area contributed by atoms with Crippen molar-refractivity contribution in [1.82, 2.24) is 5.32 Å². The van der Waals surface area contributed by atoms with E-state index >= 15 is 0 Å². The molecule has 0 saturated heterocycles. The summed E-state index contributed by atoms with van der Waals surface area (Å²) in [5.74, 6) is -1.11.